The minimum Gasteiger partial charge on any atom is -0.381 e. The van der Waals surface area contributed by atoms with Crippen LogP contribution in [0.3, 0.4) is 0 Å². The number of rotatable bonds is 8. The maximum atomic E-state index is 4.45. The number of hydrogen-bond acceptors (Lipinski definition) is 2. The van der Waals surface area contributed by atoms with E-state index >= 15 is 0 Å². The summed E-state index contributed by atoms with van der Waals surface area (Å²) in [4.78, 5) is 0. The van der Waals surface area contributed by atoms with Crippen molar-refractivity contribution >= 4 is 5.69 Å². The highest BCUT2D eigenvalue weighted by Gasteiger charge is 2.00. The van der Waals surface area contributed by atoms with Gasteiger partial charge in [0.05, 0.1) is 12.7 Å². The van der Waals surface area contributed by atoms with Crippen LogP contribution in [0.5, 0.6) is 0 Å². The molecule has 0 aliphatic heterocycles. The molecule has 3 aromatic rings. The van der Waals surface area contributed by atoms with Crippen molar-refractivity contribution < 1.29 is 0 Å². The molecule has 0 bridgehead atoms. The van der Waals surface area contributed by atoms with Crippen molar-refractivity contribution in [3.63, 3.8) is 0 Å². The van der Waals surface area contributed by atoms with Crippen molar-refractivity contribution in [1.29, 1.82) is 0 Å². The number of aryl methyl sites for hydroxylation is 1. The Morgan fingerprint density at radius 1 is 0.917 bits per heavy atom. The van der Waals surface area contributed by atoms with E-state index in [0.717, 1.165) is 18.8 Å². The first kappa shape index (κ1) is 16.3. The van der Waals surface area contributed by atoms with E-state index in [1.54, 1.807) is 0 Å². The van der Waals surface area contributed by atoms with Gasteiger partial charge in [0.2, 0.25) is 0 Å². The Kier molecular flexibility index (Phi) is 5.67. The summed E-state index contributed by atoms with van der Waals surface area (Å²) in [5.41, 5.74) is 5.04. The van der Waals surface area contributed by atoms with Crippen LogP contribution in [0.2, 0.25) is 0 Å². The predicted molar refractivity (Wildman–Crippen MR) is 100 cm³/mol. The predicted octanol–water partition coefficient (Wildman–Crippen LogP) is 4.89. The number of benzene rings is 2. The lowest BCUT2D eigenvalue weighted by Crippen LogP contribution is -2.00. The highest BCUT2D eigenvalue weighted by molar-refractivity contribution is 5.45. The van der Waals surface area contributed by atoms with Crippen LogP contribution in [0.1, 0.15) is 36.5 Å². The largest absolute Gasteiger partial charge is 0.381 e. The van der Waals surface area contributed by atoms with Gasteiger partial charge >= 0.3 is 0 Å². The van der Waals surface area contributed by atoms with Gasteiger partial charge in [-0.3, -0.25) is 4.68 Å². The van der Waals surface area contributed by atoms with E-state index in [4.69, 9.17) is 0 Å². The van der Waals surface area contributed by atoms with Gasteiger partial charge in [-0.1, -0.05) is 55.8 Å². The molecule has 0 saturated heterocycles. The average Bonchev–Trinajstić information content (AvgIpc) is 3.07. The van der Waals surface area contributed by atoms with Crippen LogP contribution in [0.25, 0.3) is 0 Å². The Labute approximate surface area is 144 Å². The second-order valence-electron chi connectivity index (χ2n) is 6.19. The lowest BCUT2D eigenvalue weighted by molar-refractivity contribution is 0.686. The topological polar surface area (TPSA) is 29.9 Å². The molecule has 3 nitrogen and oxygen atoms in total. The van der Waals surface area contributed by atoms with Crippen LogP contribution in [-0.4, -0.2) is 9.78 Å². The number of aromatic nitrogens is 2. The zero-order chi connectivity index (χ0) is 16.6. The van der Waals surface area contributed by atoms with E-state index in [1.807, 2.05) is 16.9 Å². The molecule has 124 valence electrons. The highest BCUT2D eigenvalue weighted by Crippen LogP contribution is 2.13. The molecule has 0 amide bonds. The molecule has 0 unspecified atom stereocenters. The third-order valence-electron chi connectivity index (χ3n) is 4.14. The maximum absolute atomic E-state index is 4.45. The van der Waals surface area contributed by atoms with Crippen LogP contribution in [-0.2, 0) is 19.5 Å². The Hall–Kier alpha value is -2.55. The summed E-state index contributed by atoms with van der Waals surface area (Å²) in [7, 11) is 0. The monoisotopic (exact) mass is 319 g/mol. The molecule has 0 aliphatic carbocycles. The van der Waals surface area contributed by atoms with E-state index in [-0.39, 0.29) is 0 Å². The first-order chi connectivity index (χ1) is 11.8. The summed E-state index contributed by atoms with van der Waals surface area (Å²) in [6.07, 6.45) is 7.71. The van der Waals surface area contributed by atoms with E-state index in [1.165, 1.54) is 36.0 Å². The fourth-order valence-electron chi connectivity index (χ4n) is 2.73. The standard InChI is InChI=1S/C21H25N3/c1-2-3-7-18-10-12-21(13-11-18)22-14-20-15-23-24(17-20)16-19-8-5-4-6-9-19/h4-6,8-13,15,17,22H,2-3,7,14,16H2,1H3. The Balaban J connectivity index is 1.51. The second kappa shape index (κ2) is 8.34. The molecule has 1 heterocycles. The summed E-state index contributed by atoms with van der Waals surface area (Å²) >= 11 is 0. The summed E-state index contributed by atoms with van der Waals surface area (Å²) in [6, 6.07) is 19.2. The van der Waals surface area contributed by atoms with Crippen LogP contribution in [0.15, 0.2) is 67.0 Å². The van der Waals surface area contributed by atoms with Crippen molar-refractivity contribution in [2.75, 3.05) is 5.32 Å². The molecule has 0 saturated carbocycles. The molecule has 3 heteroatoms. The fourth-order valence-corrected chi connectivity index (χ4v) is 2.73. The van der Waals surface area contributed by atoms with Crippen molar-refractivity contribution in [1.82, 2.24) is 9.78 Å². The Morgan fingerprint density at radius 3 is 2.46 bits per heavy atom. The molecule has 3 rings (SSSR count). The van der Waals surface area contributed by atoms with Crippen LogP contribution >= 0.6 is 0 Å². The zero-order valence-corrected chi connectivity index (χ0v) is 14.3. The molecule has 0 fully saturated rings. The van der Waals surface area contributed by atoms with Gasteiger partial charge in [-0.05, 0) is 36.1 Å². The summed E-state index contributed by atoms with van der Waals surface area (Å²) in [5.74, 6) is 0. The van der Waals surface area contributed by atoms with Crippen molar-refractivity contribution in [3.05, 3.63) is 83.7 Å². The number of unbranched alkanes of at least 4 members (excludes halogenated alkanes) is 1. The summed E-state index contributed by atoms with van der Waals surface area (Å²) in [6.45, 7) is 3.84. The Bertz CT molecular complexity index is 729. The van der Waals surface area contributed by atoms with Gasteiger partial charge in [0.15, 0.2) is 0 Å². The number of nitrogens with zero attached hydrogens (tertiary/aromatic N) is 2. The second-order valence-corrected chi connectivity index (χ2v) is 6.19. The van der Waals surface area contributed by atoms with E-state index in [0.29, 0.717) is 0 Å². The van der Waals surface area contributed by atoms with Gasteiger partial charge in [0, 0.05) is 24.0 Å². The normalized spacial score (nSPS) is 10.7. The zero-order valence-electron chi connectivity index (χ0n) is 14.3. The van der Waals surface area contributed by atoms with Gasteiger partial charge in [-0.2, -0.15) is 5.10 Å². The number of nitrogens with one attached hydrogen (secondary N) is 1. The highest BCUT2D eigenvalue weighted by atomic mass is 15.3. The summed E-state index contributed by atoms with van der Waals surface area (Å²) < 4.78 is 1.99. The molecule has 2 aromatic carbocycles. The SMILES string of the molecule is CCCCc1ccc(NCc2cnn(Cc3ccccc3)c2)cc1. The molecular formula is C21H25N3. The smallest absolute Gasteiger partial charge is 0.0659 e. The van der Waals surface area contributed by atoms with Gasteiger partial charge < -0.3 is 5.32 Å². The van der Waals surface area contributed by atoms with Gasteiger partial charge in [-0.15, -0.1) is 0 Å². The quantitative estimate of drug-likeness (QED) is 0.641. The molecule has 0 spiro atoms. The average molecular weight is 319 g/mol. The third-order valence-corrected chi connectivity index (χ3v) is 4.14. The van der Waals surface area contributed by atoms with Crippen LogP contribution in [0, 0.1) is 0 Å². The molecule has 0 aliphatic rings. The number of anilines is 1. The van der Waals surface area contributed by atoms with Crippen LogP contribution < -0.4 is 5.32 Å². The minimum absolute atomic E-state index is 0.795. The van der Waals surface area contributed by atoms with E-state index < -0.39 is 0 Å². The van der Waals surface area contributed by atoms with E-state index in [9.17, 15) is 0 Å². The number of hydrogen-bond donors (Lipinski definition) is 1. The molecule has 0 atom stereocenters. The maximum Gasteiger partial charge on any atom is 0.0659 e. The van der Waals surface area contributed by atoms with Crippen LogP contribution in [0.4, 0.5) is 5.69 Å². The third kappa shape index (κ3) is 4.72. The first-order valence-electron chi connectivity index (χ1n) is 8.71. The fraction of sp³-hybridized carbons (Fsp3) is 0.286. The van der Waals surface area contributed by atoms with Gasteiger partial charge in [0.1, 0.15) is 0 Å². The molecule has 0 radical (unpaired) electrons. The van der Waals surface area contributed by atoms with Crippen molar-refractivity contribution in [2.45, 2.75) is 39.3 Å². The van der Waals surface area contributed by atoms with Crippen molar-refractivity contribution in [2.24, 2.45) is 0 Å². The molecule has 1 N–H and O–H groups in total. The van der Waals surface area contributed by atoms with Gasteiger partial charge in [0.25, 0.3) is 0 Å². The summed E-state index contributed by atoms with van der Waals surface area (Å²) in [5, 5.41) is 7.92. The lowest BCUT2D eigenvalue weighted by Gasteiger charge is -2.06. The molecule has 1 aromatic heterocycles. The van der Waals surface area contributed by atoms with E-state index in [2.05, 4.69) is 72.1 Å². The lowest BCUT2D eigenvalue weighted by atomic mass is 10.1. The molecular weight excluding hydrogens is 294 g/mol. The molecule has 24 heavy (non-hydrogen) atoms. The van der Waals surface area contributed by atoms with Gasteiger partial charge in [-0.25, -0.2) is 0 Å². The minimum atomic E-state index is 0.795. The Morgan fingerprint density at radius 2 is 1.71 bits per heavy atom. The van der Waals surface area contributed by atoms with Crippen molar-refractivity contribution in [3.8, 4) is 0 Å². The first-order valence-corrected chi connectivity index (χ1v) is 8.71.